The van der Waals surface area contributed by atoms with Crippen LogP contribution in [0.5, 0.6) is 5.75 Å². The summed E-state index contributed by atoms with van der Waals surface area (Å²) in [6, 6.07) is 20.1. The highest BCUT2D eigenvalue weighted by Crippen LogP contribution is 2.26. The van der Waals surface area contributed by atoms with E-state index in [4.69, 9.17) is 17.0 Å². The first kappa shape index (κ1) is 22.4. The highest BCUT2D eigenvalue weighted by atomic mass is 32.1. The Morgan fingerprint density at radius 1 is 0.939 bits per heavy atom. The van der Waals surface area contributed by atoms with Crippen LogP contribution >= 0.6 is 12.2 Å². The molecule has 0 aromatic heterocycles. The minimum absolute atomic E-state index is 0.0722. The maximum absolute atomic E-state index is 12.6. The van der Waals surface area contributed by atoms with Crippen molar-refractivity contribution in [3.8, 4) is 5.75 Å². The van der Waals surface area contributed by atoms with Gasteiger partial charge in [0.2, 0.25) is 0 Å². The molecule has 6 heteroatoms. The second-order valence-electron chi connectivity index (χ2n) is 7.90. The molecule has 1 fully saturated rings. The number of carbonyl (C=O) groups is 2. The van der Waals surface area contributed by atoms with Crippen molar-refractivity contribution < 1.29 is 14.3 Å². The molecule has 0 atom stereocenters. The van der Waals surface area contributed by atoms with Crippen LogP contribution < -0.4 is 4.74 Å². The Bertz CT molecular complexity index is 1290. The summed E-state index contributed by atoms with van der Waals surface area (Å²) < 4.78 is 6.12. The van der Waals surface area contributed by atoms with Crippen molar-refractivity contribution >= 4 is 46.0 Å². The highest BCUT2D eigenvalue weighted by Gasteiger charge is 2.35. The van der Waals surface area contributed by atoms with Crippen LogP contribution in [0.25, 0.3) is 16.8 Å². The van der Waals surface area contributed by atoms with Crippen LogP contribution in [-0.2, 0) is 22.6 Å². The van der Waals surface area contributed by atoms with Crippen molar-refractivity contribution in [2.45, 2.75) is 13.0 Å². The lowest BCUT2D eigenvalue weighted by Gasteiger charge is -2.31. The van der Waals surface area contributed by atoms with Crippen molar-refractivity contribution in [1.82, 2.24) is 9.80 Å². The summed E-state index contributed by atoms with van der Waals surface area (Å²) in [5.74, 6) is -0.0862. The van der Waals surface area contributed by atoms with Gasteiger partial charge >= 0.3 is 0 Å². The fraction of sp³-hybridized carbons (Fsp3) is 0.148. The van der Waals surface area contributed by atoms with Gasteiger partial charge < -0.3 is 4.74 Å². The summed E-state index contributed by atoms with van der Waals surface area (Å²) in [5, 5.41) is 2.55. The Balaban J connectivity index is 1.59. The SMILES string of the molecule is C=CCc1cc(C=C2C(=O)N(C)C(=S)N(C)C2=O)ccc1OCc1ccc2ccccc2c1. The maximum Gasteiger partial charge on any atom is 0.265 e. The molecule has 1 aliphatic heterocycles. The third-order valence-corrected chi connectivity index (χ3v) is 6.16. The standard InChI is InChI=1S/C27H24N2O3S/c1-4-7-22-14-18(16-23-25(30)28(2)27(33)29(3)26(23)31)11-13-24(22)32-17-19-10-12-20-8-5-6-9-21(20)15-19/h4-6,8-16H,1,7,17H2,2-3H3. The molecule has 0 radical (unpaired) electrons. The average molecular weight is 457 g/mol. The van der Waals surface area contributed by atoms with Gasteiger partial charge in [-0.25, -0.2) is 0 Å². The second-order valence-corrected chi connectivity index (χ2v) is 8.26. The summed E-state index contributed by atoms with van der Waals surface area (Å²) in [6.45, 7) is 4.27. The van der Waals surface area contributed by atoms with E-state index in [1.54, 1.807) is 26.2 Å². The largest absolute Gasteiger partial charge is 0.489 e. The molecule has 0 spiro atoms. The molecular weight excluding hydrogens is 432 g/mol. The van der Waals surface area contributed by atoms with E-state index in [2.05, 4.69) is 36.9 Å². The molecule has 4 rings (SSSR count). The molecule has 3 aromatic rings. The topological polar surface area (TPSA) is 49.9 Å². The second kappa shape index (κ2) is 9.38. The Morgan fingerprint density at radius 3 is 2.33 bits per heavy atom. The van der Waals surface area contributed by atoms with Gasteiger partial charge in [-0.05, 0) is 70.4 Å². The van der Waals surface area contributed by atoms with Gasteiger partial charge in [-0.3, -0.25) is 19.4 Å². The van der Waals surface area contributed by atoms with E-state index in [1.807, 2.05) is 30.3 Å². The summed E-state index contributed by atoms with van der Waals surface area (Å²) in [5.41, 5.74) is 2.80. The molecule has 0 unspecified atom stereocenters. The Kier molecular flexibility index (Phi) is 6.38. The number of fused-ring (bicyclic) bond motifs is 1. The fourth-order valence-electron chi connectivity index (χ4n) is 3.78. The van der Waals surface area contributed by atoms with Crippen molar-refractivity contribution in [3.63, 3.8) is 0 Å². The minimum atomic E-state index is -0.412. The first-order chi connectivity index (χ1) is 15.9. The monoisotopic (exact) mass is 456 g/mol. The quantitative estimate of drug-likeness (QED) is 0.233. The van der Waals surface area contributed by atoms with E-state index < -0.39 is 11.8 Å². The first-order valence-corrected chi connectivity index (χ1v) is 11.0. The predicted molar refractivity (Wildman–Crippen MR) is 135 cm³/mol. The van der Waals surface area contributed by atoms with Gasteiger partial charge in [0, 0.05) is 14.1 Å². The molecule has 166 valence electrons. The lowest BCUT2D eigenvalue weighted by Crippen LogP contribution is -2.52. The predicted octanol–water partition coefficient (Wildman–Crippen LogP) is 4.75. The van der Waals surface area contributed by atoms with E-state index in [1.165, 1.54) is 20.6 Å². The van der Waals surface area contributed by atoms with Crippen LogP contribution in [0.3, 0.4) is 0 Å². The third-order valence-electron chi connectivity index (χ3n) is 5.61. The molecule has 0 N–H and O–H groups in total. The average Bonchev–Trinajstić information content (AvgIpc) is 2.83. The molecule has 1 heterocycles. The van der Waals surface area contributed by atoms with Crippen molar-refractivity contribution in [1.29, 1.82) is 0 Å². The zero-order valence-corrected chi connectivity index (χ0v) is 19.4. The number of nitrogens with zero attached hydrogens (tertiary/aromatic N) is 2. The van der Waals surface area contributed by atoms with Gasteiger partial charge in [-0.15, -0.1) is 6.58 Å². The minimum Gasteiger partial charge on any atom is -0.489 e. The van der Waals surface area contributed by atoms with Crippen molar-refractivity contribution in [2.75, 3.05) is 14.1 Å². The number of hydrogen-bond donors (Lipinski definition) is 0. The highest BCUT2D eigenvalue weighted by molar-refractivity contribution is 7.80. The first-order valence-electron chi connectivity index (χ1n) is 10.5. The maximum atomic E-state index is 12.6. The molecular formula is C27H24N2O3S. The van der Waals surface area contributed by atoms with E-state index in [-0.39, 0.29) is 10.7 Å². The van der Waals surface area contributed by atoms with Gasteiger partial charge in [0.15, 0.2) is 5.11 Å². The number of benzene rings is 3. The van der Waals surface area contributed by atoms with Gasteiger partial charge in [0.1, 0.15) is 17.9 Å². The lowest BCUT2D eigenvalue weighted by molar-refractivity contribution is -0.132. The number of amides is 2. The molecule has 5 nitrogen and oxygen atoms in total. The molecule has 3 aromatic carbocycles. The van der Waals surface area contributed by atoms with Gasteiger partial charge in [0.05, 0.1) is 0 Å². The third kappa shape index (κ3) is 4.56. The van der Waals surface area contributed by atoms with Crippen LogP contribution in [0.2, 0.25) is 0 Å². The number of thiocarbonyl (C=S) groups is 1. The summed E-state index contributed by atoms with van der Waals surface area (Å²) in [4.78, 5) is 27.8. The lowest BCUT2D eigenvalue weighted by atomic mass is 10.0. The van der Waals surface area contributed by atoms with Crippen LogP contribution in [0.4, 0.5) is 0 Å². The Labute approximate surface area is 198 Å². The number of ether oxygens (including phenoxy) is 1. The number of rotatable bonds is 6. The van der Waals surface area contributed by atoms with E-state index in [0.717, 1.165) is 22.4 Å². The molecule has 33 heavy (non-hydrogen) atoms. The molecule has 0 aliphatic carbocycles. The molecule has 2 amide bonds. The molecule has 1 saturated heterocycles. The summed E-state index contributed by atoms with van der Waals surface area (Å²) >= 11 is 5.15. The molecule has 0 saturated carbocycles. The number of likely N-dealkylation sites (N-methyl/N-ethyl adjacent to an activating group) is 2. The van der Waals surface area contributed by atoms with Crippen molar-refractivity contribution in [3.05, 3.63) is 95.6 Å². The van der Waals surface area contributed by atoms with Gasteiger partial charge in [-0.2, -0.15) is 0 Å². The molecule has 0 bridgehead atoms. The van der Waals surface area contributed by atoms with E-state index in [9.17, 15) is 9.59 Å². The van der Waals surface area contributed by atoms with Gasteiger partial charge in [0.25, 0.3) is 11.8 Å². The Morgan fingerprint density at radius 2 is 1.64 bits per heavy atom. The van der Waals surface area contributed by atoms with Crippen LogP contribution in [0, 0.1) is 0 Å². The number of allylic oxidation sites excluding steroid dienone is 1. The Hall–Kier alpha value is -3.77. The number of carbonyl (C=O) groups excluding carboxylic acids is 2. The number of hydrogen-bond acceptors (Lipinski definition) is 4. The van der Waals surface area contributed by atoms with Crippen LogP contribution in [-0.4, -0.2) is 40.8 Å². The van der Waals surface area contributed by atoms with Crippen LogP contribution in [0.15, 0.2) is 78.9 Å². The van der Waals surface area contributed by atoms with E-state index in [0.29, 0.717) is 13.0 Å². The van der Waals surface area contributed by atoms with Crippen LogP contribution in [0.1, 0.15) is 16.7 Å². The zero-order valence-electron chi connectivity index (χ0n) is 18.6. The van der Waals surface area contributed by atoms with Gasteiger partial charge in [-0.1, -0.05) is 48.5 Å². The van der Waals surface area contributed by atoms with E-state index >= 15 is 0 Å². The summed E-state index contributed by atoms with van der Waals surface area (Å²) in [6.07, 6.45) is 3.99. The zero-order chi connectivity index (χ0) is 23.5. The van der Waals surface area contributed by atoms with Crippen molar-refractivity contribution in [2.24, 2.45) is 0 Å². The smallest absolute Gasteiger partial charge is 0.265 e. The molecule has 1 aliphatic rings. The summed E-state index contributed by atoms with van der Waals surface area (Å²) in [7, 11) is 3.13. The normalized spacial score (nSPS) is 14.1. The fourth-order valence-corrected chi connectivity index (χ4v) is 3.94.